The van der Waals surface area contributed by atoms with Crippen molar-refractivity contribution < 1.29 is 37.3 Å². The Balaban J connectivity index is 1.88. The van der Waals surface area contributed by atoms with Gasteiger partial charge in [-0.05, 0) is 60.4 Å². The van der Waals surface area contributed by atoms with Crippen LogP contribution >= 0.6 is 23.2 Å². The SMILES string of the molecule is O=C(O)CCc1cc(Cl)c(CC2C=CC(O)=C(c3cc(OC(F)F)ccc3F)C2F)c(Cl)c1. The summed E-state index contributed by atoms with van der Waals surface area (Å²) in [4.78, 5) is 10.8. The van der Waals surface area contributed by atoms with Crippen LogP contribution < -0.4 is 4.74 Å². The minimum atomic E-state index is -3.16. The summed E-state index contributed by atoms with van der Waals surface area (Å²) in [6, 6.07) is 5.80. The van der Waals surface area contributed by atoms with Crippen molar-refractivity contribution in [2.75, 3.05) is 0 Å². The van der Waals surface area contributed by atoms with Gasteiger partial charge < -0.3 is 14.9 Å². The first-order chi connectivity index (χ1) is 15.6. The zero-order valence-electron chi connectivity index (χ0n) is 16.9. The summed E-state index contributed by atoms with van der Waals surface area (Å²) in [5.74, 6) is -3.74. The predicted octanol–water partition coefficient (Wildman–Crippen LogP) is 6.79. The largest absolute Gasteiger partial charge is 0.508 e. The van der Waals surface area contributed by atoms with Crippen molar-refractivity contribution >= 4 is 34.7 Å². The summed E-state index contributed by atoms with van der Waals surface area (Å²) in [6.45, 7) is -3.16. The number of aliphatic carboxylic acids is 1. The monoisotopic (exact) mass is 504 g/mol. The van der Waals surface area contributed by atoms with E-state index in [9.17, 15) is 23.1 Å². The molecule has 2 unspecified atom stereocenters. The van der Waals surface area contributed by atoms with Crippen LogP contribution in [0.15, 0.2) is 48.2 Å². The van der Waals surface area contributed by atoms with Crippen LogP contribution in [0, 0.1) is 11.7 Å². The first-order valence-corrected chi connectivity index (χ1v) is 10.5. The highest BCUT2D eigenvalue weighted by molar-refractivity contribution is 6.36. The Morgan fingerprint density at radius 2 is 1.82 bits per heavy atom. The first kappa shape index (κ1) is 24.9. The molecule has 3 rings (SSSR count). The van der Waals surface area contributed by atoms with E-state index < -0.39 is 47.4 Å². The van der Waals surface area contributed by atoms with Crippen LogP contribution in [0.1, 0.15) is 23.1 Å². The van der Waals surface area contributed by atoms with E-state index in [-0.39, 0.29) is 35.1 Å². The third-order valence-electron chi connectivity index (χ3n) is 5.15. The maximum absolute atomic E-state index is 15.5. The van der Waals surface area contributed by atoms with Gasteiger partial charge >= 0.3 is 12.6 Å². The third-order valence-corrected chi connectivity index (χ3v) is 5.82. The van der Waals surface area contributed by atoms with Crippen LogP contribution in [0.25, 0.3) is 5.57 Å². The highest BCUT2D eigenvalue weighted by atomic mass is 35.5. The van der Waals surface area contributed by atoms with Gasteiger partial charge in [0.25, 0.3) is 0 Å². The molecule has 0 aromatic heterocycles. The summed E-state index contributed by atoms with van der Waals surface area (Å²) < 4.78 is 59.2. The number of allylic oxidation sites excluding steroid dienone is 3. The second-order valence-corrected chi connectivity index (χ2v) is 8.19. The molecule has 4 nitrogen and oxygen atoms in total. The van der Waals surface area contributed by atoms with Gasteiger partial charge in [-0.15, -0.1) is 0 Å². The molecular weight excluding hydrogens is 487 g/mol. The summed E-state index contributed by atoms with van der Waals surface area (Å²) in [7, 11) is 0. The number of ether oxygens (including phenoxy) is 1. The number of aliphatic hydroxyl groups excluding tert-OH is 1. The fraction of sp³-hybridized carbons (Fsp3) is 0.261. The third kappa shape index (κ3) is 6.00. The molecule has 0 saturated heterocycles. The van der Waals surface area contributed by atoms with Gasteiger partial charge in [-0.3, -0.25) is 4.79 Å². The van der Waals surface area contributed by atoms with Crippen LogP contribution in [0.4, 0.5) is 17.6 Å². The fourth-order valence-corrected chi connectivity index (χ4v) is 4.27. The van der Waals surface area contributed by atoms with Gasteiger partial charge in [0.1, 0.15) is 23.5 Å². The number of rotatable bonds is 8. The molecule has 0 spiro atoms. The molecule has 2 atom stereocenters. The lowest BCUT2D eigenvalue weighted by atomic mass is 9.83. The lowest BCUT2D eigenvalue weighted by molar-refractivity contribution is -0.136. The molecule has 176 valence electrons. The summed E-state index contributed by atoms with van der Waals surface area (Å²) in [5.41, 5.74) is 0.174. The van der Waals surface area contributed by atoms with Gasteiger partial charge in [-0.1, -0.05) is 29.3 Å². The minimum absolute atomic E-state index is 0.0137. The van der Waals surface area contributed by atoms with E-state index >= 15 is 4.39 Å². The fourth-order valence-electron chi connectivity index (χ4n) is 3.58. The summed E-state index contributed by atoms with van der Waals surface area (Å²) in [6.07, 6.45) is 0.745. The molecule has 0 aliphatic heterocycles. The molecule has 0 heterocycles. The van der Waals surface area contributed by atoms with Gasteiger partial charge in [0, 0.05) is 33.5 Å². The van der Waals surface area contributed by atoms with Crippen LogP contribution in [-0.2, 0) is 17.6 Å². The van der Waals surface area contributed by atoms with Crippen molar-refractivity contribution in [2.24, 2.45) is 5.92 Å². The summed E-state index contributed by atoms with van der Waals surface area (Å²) in [5, 5.41) is 19.5. The molecular formula is C23H18Cl2F4O4. The van der Waals surface area contributed by atoms with Crippen molar-refractivity contribution in [1.82, 2.24) is 0 Å². The summed E-state index contributed by atoms with van der Waals surface area (Å²) >= 11 is 12.6. The number of hydrogen-bond donors (Lipinski definition) is 2. The Bertz CT molecular complexity index is 1090. The molecule has 0 saturated carbocycles. The van der Waals surface area contributed by atoms with Crippen LogP contribution in [0.3, 0.4) is 0 Å². The van der Waals surface area contributed by atoms with Crippen LogP contribution in [0.2, 0.25) is 10.0 Å². The number of aliphatic hydroxyl groups is 1. The quantitative estimate of drug-likeness (QED) is 0.388. The number of halogens is 6. The van der Waals surface area contributed by atoms with Gasteiger partial charge in [-0.2, -0.15) is 8.78 Å². The molecule has 0 bridgehead atoms. The molecule has 2 N–H and O–H groups in total. The second-order valence-electron chi connectivity index (χ2n) is 7.38. The standard InChI is InChI=1S/C23H18Cl2F4O4/c24-16-7-11(1-6-20(31)32)8-17(25)14(16)9-12-2-5-19(30)21(22(12)27)15-10-13(33-23(28)29)3-4-18(15)26/h2-5,7-8,10,12,22-23,30H,1,6,9H2,(H,31,32). The molecule has 0 radical (unpaired) electrons. The van der Waals surface area contributed by atoms with E-state index in [1.165, 1.54) is 12.2 Å². The maximum atomic E-state index is 15.5. The lowest BCUT2D eigenvalue weighted by Crippen LogP contribution is -2.23. The Hall–Kier alpha value is -2.71. The molecule has 1 aliphatic rings. The van der Waals surface area contributed by atoms with Crippen molar-refractivity contribution in [2.45, 2.75) is 32.0 Å². The van der Waals surface area contributed by atoms with Crippen molar-refractivity contribution in [3.05, 3.63) is 80.8 Å². The average molecular weight is 505 g/mol. The van der Waals surface area contributed by atoms with Gasteiger partial charge in [-0.25, -0.2) is 8.78 Å². The number of benzene rings is 2. The number of alkyl halides is 3. The van der Waals surface area contributed by atoms with Gasteiger partial charge in [0.05, 0.1) is 0 Å². The first-order valence-electron chi connectivity index (χ1n) is 9.75. The smallest absolute Gasteiger partial charge is 0.387 e. The highest BCUT2D eigenvalue weighted by Gasteiger charge is 2.32. The van der Waals surface area contributed by atoms with E-state index in [0.29, 0.717) is 11.1 Å². The number of aryl methyl sites for hydroxylation is 1. The van der Waals surface area contributed by atoms with Crippen LogP contribution in [0.5, 0.6) is 5.75 Å². The molecule has 2 aromatic carbocycles. The maximum Gasteiger partial charge on any atom is 0.387 e. The molecule has 0 amide bonds. The minimum Gasteiger partial charge on any atom is -0.508 e. The number of carboxylic acid groups (broad SMARTS) is 1. The molecule has 2 aromatic rings. The average Bonchev–Trinajstić information content (AvgIpc) is 2.72. The van der Waals surface area contributed by atoms with Crippen molar-refractivity contribution in [3.8, 4) is 5.75 Å². The molecule has 10 heteroatoms. The Morgan fingerprint density at radius 1 is 1.15 bits per heavy atom. The Morgan fingerprint density at radius 3 is 2.42 bits per heavy atom. The normalized spacial score (nSPS) is 18.2. The van der Waals surface area contributed by atoms with Gasteiger partial charge in [0.15, 0.2) is 0 Å². The lowest BCUT2D eigenvalue weighted by Gasteiger charge is -2.26. The van der Waals surface area contributed by atoms with E-state index in [2.05, 4.69) is 4.74 Å². The Kier molecular flexibility index (Phi) is 7.92. The highest BCUT2D eigenvalue weighted by Crippen LogP contribution is 2.39. The predicted molar refractivity (Wildman–Crippen MR) is 116 cm³/mol. The molecule has 33 heavy (non-hydrogen) atoms. The van der Waals surface area contributed by atoms with Gasteiger partial charge in [0.2, 0.25) is 0 Å². The number of carboxylic acids is 1. The second kappa shape index (κ2) is 10.5. The molecule has 1 aliphatic carbocycles. The van der Waals surface area contributed by atoms with E-state index in [4.69, 9.17) is 28.3 Å². The molecule has 0 fully saturated rings. The zero-order valence-corrected chi connectivity index (χ0v) is 18.4. The number of hydrogen-bond acceptors (Lipinski definition) is 3. The van der Waals surface area contributed by atoms with E-state index in [1.54, 1.807) is 12.1 Å². The van der Waals surface area contributed by atoms with Crippen molar-refractivity contribution in [1.29, 1.82) is 0 Å². The zero-order chi connectivity index (χ0) is 24.3. The topological polar surface area (TPSA) is 66.8 Å². The van der Waals surface area contributed by atoms with Crippen molar-refractivity contribution in [3.63, 3.8) is 0 Å². The Labute approximate surface area is 196 Å². The van der Waals surface area contributed by atoms with E-state index in [1.807, 2.05) is 0 Å². The van der Waals surface area contributed by atoms with E-state index in [0.717, 1.165) is 18.2 Å². The number of carbonyl (C=O) groups is 1. The van der Waals surface area contributed by atoms with Crippen LogP contribution in [-0.4, -0.2) is 29.0 Å².